The number of amides is 1. The van der Waals surface area contributed by atoms with Gasteiger partial charge < -0.3 is 20.7 Å². The summed E-state index contributed by atoms with van der Waals surface area (Å²) in [4.78, 5) is 16.6. The first-order chi connectivity index (χ1) is 14.1. The highest BCUT2D eigenvalue weighted by atomic mass is 127. The molecule has 1 atom stereocenters. The zero-order valence-electron chi connectivity index (χ0n) is 18.2. The Hall–Kier alpha value is -2.29. The number of guanidine groups is 1. The number of carbonyl (C=O) groups excluding carboxylic acids is 1. The van der Waals surface area contributed by atoms with E-state index in [2.05, 4.69) is 27.9 Å². The van der Waals surface area contributed by atoms with Gasteiger partial charge in [-0.1, -0.05) is 37.3 Å². The topological polar surface area (TPSA) is 74.8 Å². The summed E-state index contributed by atoms with van der Waals surface area (Å²) in [6, 6.07) is 15.7. The Morgan fingerprint density at radius 3 is 2.50 bits per heavy atom. The van der Waals surface area contributed by atoms with Crippen LogP contribution < -0.4 is 20.7 Å². The van der Waals surface area contributed by atoms with Crippen LogP contribution >= 0.6 is 24.0 Å². The van der Waals surface area contributed by atoms with Gasteiger partial charge in [0.15, 0.2) is 5.96 Å². The van der Waals surface area contributed by atoms with Crippen LogP contribution in [0.2, 0.25) is 0 Å². The quantitative estimate of drug-likeness (QED) is 0.263. The number of carbonyl (C=O) groups is 1. The van der Waals surface area contributed by atoms with E-state index in [0.29, 0.717) is 31.2 Å². The van der Waals surface area contributed by atoms with Crippen LogP contribution in [0.4, 0.5) is 0 Å². The molecule has 0 aliphatic carbocycles. The van der Waals surface area contributed by atoms with E-state index in [1.54, 1.807) is 7.05 Å². The molecule has 6 nitrogen and oxygen atoms in total. The molecule has 0 spiro atoms. The van der Waals surface area contributed by atoms with Gasteiger partial charge in [-0.05, 0) is 44.0 Å². The Labute approximate surface area is 196 Å². The van der Waals surface area contributed by atoms with Crippen LogP contribution in [0.3, 0.4) is 0 Å². The Morgan fingerprint density at radius 2 is 1.80 bits per heavy atom. The third kappa shape index (κ3) is 8.22. The lowest BCUT2D eigenvalue weighted by Crippen LogP contribution is -2.36. The van der Waals surface area contributed by atoms with Gasteiger partial charge in [-0.25, -0.2) is 0 Å². The number of benzene rings is 2. The molecule has 0 fully saturated rings. The number of halogens is 1. The SMILES string of the molecule is CCOc1ccccc1CNC(=NC)NCc1cccc(C(=O)NC(C)CC)c1.I. The number of ether oxygens (including phenoxy) is 1. The maximum absolute atomic E-state index is 12.3. The molecule has 0 saturated carbocycles. The largest absolute Gasteiger partial charge is 0.494 e. The first-order valence-corrected chi connectivity index (χ1v) is 10.1. The molecule has 7 heteroatoms. The molecule has 30 heavy (non-hydrogen) atoms. The van der Waals surface area contributed by atoms with Crippen LogP contribution in [0.1, 0.15) is 48.7 Å². The zero-order chi connectivity index (χ0) is 21.1. The fraction of sp³-hybridized carbons (Fsp3) is 0.391. The van der Waals surface area contributed by atoms with Crippen LogP contribution in [0.5, 0.6) is 5.75 Å². The highest BCUT2D eigenvalue weighted by molar-refractivity contribution is 14.0. The van der Waals surface area contributed by atoms with E-state index in [4.69, 9.17) is 4.74 Å². The van der Waals surface area contributed by atoms with Gasteiger partial charge in [-0.15, -0.1) is 24.0 Å². The van der Waals surface area contributed by atoms with E-state index in [1.165, 1.54) is 0 Å². The van der Waals surface area contributed by atoms with Crippen molar-refractivity contribution >= 4 is 35.8 Å². The molecule has 0 bridgehead atoms. The molecule has 2 aromatic rings. The highest BCUT2D eigenvalue weighted by Crippen LogP contribution is 2.17. The van der Waals surface area contributed by atoms with Crippen LogP contribution in [0, 0.1) is 0 Å². The molecular formula is C23H33IN4O2. The lowest BCUT2D eigenvalue weighted by atomic mass is 10.1. The number of para-hydroxylation sites is 1. The van der Waals surface area contributed by atoms with Crippen molar-refractivity contribution in [2.45, 2.75) is 46.3 Å². The molecule has 0 radical (unpaired) electrons. The van der Waals surface area contributed by atoms with E-state index in [0.717, 1.165) is 23.3 Å². The lowest BCUT2D eigenvalue weighted by Gasteiger charge is -2.15. The number of aliphatic imine (C=N–C) groups is 1. The molecule has 1 amide bonds. The van der Waals surface area contributed by atoms with Crippen LogP contribution in [-0.2, 0) is 13.1 Å². The monoisotopic (exact) mass is 524 g/mol. The van der Waals surface area contributed by atoms with Gasteiger partial charge in [0.2, 0.25) is 0 Å². The van der Waals surface area contributed by atoms with E-state index in [9.17, 15) is 4.79 Å². The maximum Gasteiger partial charge on any atom is 0.251 e. The van der Waals surface area contributed by atoms with Gasteiger partial charge >= 0.3 is 0 Å². The molecule has 2 aromatic carbocycles. The van der Waals surface area contributed by atoms with Crippen molar-refractivity contribution in [1.82, 2.24) is 16.0 Å². The summed E-state index contributed by atoms with van der Waals surface area (Å²) < 4.78 is 5.67. The molecule has 0 aromatic heterocycles. The van der Waals surface area contributed by atoms with E-state index >= 15 is 0 Å². The molecule has 0 heterocycles. The average Bonchev–Trinajstić information content (AvgIpc) is 2.75. The van der Waals surface area contributed by atoms with Gasteiger partial charge in [-0.3, -0.25) is 9.79 Å². The summed E-state index contributed by atoms with van der Waals surface area (Å²) in [7, 11) is 1.74. The summed E-state index contributed by atoms with van der Waals surface area (Å²) in [5.74, 6) is 1.51. The second kappa shape index (κ2) is 13.8. The molecule has 164 valence electrons. The van der Waals surface area contributed by atoms with E-state index < -0.39 is 0 Å². The summed E-state index contributed by atoms with van der Waals surface area (Å²) in [5.41, 5.74) is 2.75. The summed E-state index contributed by atoms with van der Waals surface area (Å²) >= 11 is 0. The van der Waals surface area contributed by atoms with E-state index in [1.807, 2.05) is 62.4 Å². The standard InChI is InChI=1S/C23H32N4O2.HI/c1-5-17(3)27-22(28)19-12-9-10-18(14-19)15-25-23(24-4)26-16-20-11-7-8-13-21(20)29-6-2;/h7-14,17H,5-6,15-16H2,1-4H3,(H,27,28)(H2,24,25,26);1H. The number of hydrogen-bond acceptors (Lipinski definition) is 3. The minimum atomic E-state index is -0.0451. The molecule has 3 N–H and O–H groups in total. The Kier molecular flexibility index (Phi) is 11.9. The normalized spacial score (nSPS) is 11.8. The van der Waals surface area contributed by atoms with E-state index in [-0.39, 0.29) is 35.9 Å². The van der Waals surface area contributed by atoms with Crippen molar-refractivity contribution in [1.29, 1.82) is 0 Å². The number of rotatable bonds is 9. The Morgan fingerprint density at radius 1 is 1.07 bits per heavy atom. The van der Waals surface area contributed by atoms with Crippen molar-refractivity contribution in [3.05, 3.63) is 65.2 Å². The van der Waals surface area contributed by atoms with Crippen molar-refractivity contribution in [2.75, 3.05) is 13.7 Å². The van der Waals surface area contributed by atoms with Crippen LogP contribution in [-0.4, -0.2) is 31.6 Å². The third-order valence-corrected chi connectivity index (χ3v) is 4.58. The fourth-order valence-corrected chi connectivity index (χ4v) is 2.76. The molecule has 1 unspecified atom stereocenters. The number of nitrogens with one attached hydrogen (secondary N) is 3. The van der Waals surface area contributed by atoms with Crippen molar-refractivity contribution in [3.63, 3.8) is 0 Å². The predicted octanol–water partition coefficient (Wildman–Crippen LogP) is 4.10. The van der Waals surface area contributed by atoms with Gasteiger partial charge in [0.1, 0.15) is 5.75 Å². The molecular weight excluding hydrogens is 491 g/mol. The number of hydrogen-bond donors (Lipinski definition) is 3. The summed E-state index contributed by atoms with van der Waals surface area (Å²) in [6.45, 7) is 7.83. The van der Waals surface area contributed by atoms with Crippen molar-refractivity contribution in [3.8, 4) is 5.75 Å². The second-order valence-corrected chi connectivity index (χ2v) is 6.80. The maximum atomic E-state index is 12.3. The predicted molar refractivity (Wildman–Crippen MR) is 134 cm³/mol. The molecule has 0 aliphatic heterocycles. The smallest absolute Gasteiger partial charge is 0.251 e. The molecule has 2 rings (SSSR count). The Balaban J connectivity index is 0.00000450. The summed E-state index contributed by atoms with van der Waals surface area (Å²) in [5, 5.41) is 9.59. The summed E-state index contributed by atoms with van der Waals surface area (Å²) in [6.07, 6.45) is 0.904. The average molecular weight is 524 g/mol. The number of nitrogens with zero attached hydrogens (tertiary/aromatic N) is 1. The molecule has 0 aliphatic rings. The van der Waals surface area contributed by atoms with Gasteiger partial charge in [0, 0.05) is 37.3 Å². The zero-order valence-corrected chi connectivity index (χ0v) is 20.5. The Bertz CT molecular complexity index is 826. The third-order valence-electron chi connectivity index (χ3n) is 4.58. The minimum Gasteiger partial charge on any atom is -0.494 e. The fourth-order valence-electron chi connectivity index (χ4n) is 2.76. The van der Waals surface area contributed by atoms with Crippen LogP contribution in [0.15, 0.2) is 53.5 Å². The van der Waals surface area contributed by atoms with Crippen LogP contribution in [0.25, 0.3) is 0 Å². The highest BCUT2D eigenvalue weighted by Gasteiger charge is 2.09. The molecule has 0 saturated heterocycles. The first-order valence-electron chi connectivity index (χ1n) is 10.1. The lowest BCUT2D eigenvalue weighted by molar-refractivity contribution is 0.0939. The minimum absolute atomic E-state index is 0. The second-order valence-electron chi connectivity index (χ2n) is 6.80. The van der Waals surface area contributed by atoms with Gasteiger partial charge in [-0.2, -0.15) is 0 Å². The van der Waals surface area contributed by atoms with Crippen molar-refractivity contribution < 1.29 is 9.53 Å². The van der Waals surface area contributed by atoms with Gasteiger partial charge in [0.25, 0.3) is 5.91 Å². The van der Waals surface area contributed by atoms with Crippen molar-refractivity contribution in [2.24, 2.45) is 4.99 Å². The first kappa shape index (κ1) is 25.7. The van der Waals surface area contributed by atoms with Gasteiger partial charge in [0.05, 0.1) is 6.61 Å².